The first-order chi connectivity index (χ1) is 10.1. The van der Waals surface area contributed by atoms with Crippen molar-refractivity contribution in [3.8, 4) is 0 Å². The molecule has 5 nitrogen and oxygen atoms in total. The third kappa shape index (κ3) is 4.25. The number of carbonyl (C=O) groups is 2. The molecule has 0 bridgehead atoms. The highest BCUT2D eigenvalue weighted by Crippen LogP contribution is 2.18. The summed E-state index contributed by atoms with van der Waals surface area (Å²) in [7, 11) is 1.73. The second-order valence-electron chi connectivity index (χ2n) is 4.43. The molecule has 0 aliphatic rings. The van der Waals surface area contributed by atoms with Gasteiger partial charge in [-0.05, 0) is 29.8 Å². The number of amides is 1. The lowest BCUT2D eigenvalue weighted by molar-refractivity contribution is -0.131. The number of carboxylic acid groups (broad SMARTS) is 1. The quantitative estimate of drug-likeness (QED) is 0.862. The molecule has 108 valence electrons. The van der Waals surface area contributed by atoms with Gasteiger partial charge >= 0.3 is 5.97 Å². The number of aromatic nitrogens is 1. The van der Waals surface area contributed by atoms with Crippen LogP contribution in [0.5, 0.6) is 0 Å². The zero-order valence-electron chi connectivity index (χ0n) is 11.4. The molecule has 2 rings (SSSR count). The van der Waals surface area contributed by atoms with Gasteiger partial charge in [-0.25, -0.2) is 4.79 Å². The van der Waals surface area contributed by atoms with E-state index in [1.165, 1.54) is 17.4 Å². The van der Waals surface area contributed by atoms with Crippen molar-refractivity contribution in [1.29, 1.82) is 0 Å². The second kappa shape index (κ2) is 6.81. The maximum Gasteiger partial charge on any atom is 0.328 e. The van der Waals surface area contributed by atoms with Crippen LogP contribution in [-0.2, 0) is 11.3 Å². The molecule has 1 amide bonds. The molecule has 2 heterocycles. The van der Waals surface area contributed by atoms with Crippen molar-refractivity contribution in [3.63, 3.8) is 0 Å². The number of rotatable bonds is 5. The zero-order chi connectivity index (χ0) is 15.2. The number of hydrogen-bond acceptors (Lipinski definition) is 4. The Kier molecular flexibility index (Phi) is 4.84. The van der Waals surface area contributed by atoms with E-state index in [1.807, 2.05) is 12.1 Å². The molecule has 0 saturated heterocycles. The Labute approximate surface area is 126 Å². The van der Waals surface area contributed by atoms with E-state index < -0.39 is 5.97 Å². The maximum absolute atomic E-state index is 12.3. The minimum atomic E-state index is -1.01. The van der Waals surface area contributed by atoms with Crippen LogP contribution in [0.3, 0.4) is 0 Å². The van der Waals surface area contributed by atoms with Crippen molar-refractivity contribution in [2.75, 3.05) is 7.05 Å². The number of thiophene rings is 1. The van der Waals surface area contributed by atoms with E-state index in [-0.39, 0.29) is 5.91 Å². The summed E-state index contributed by atoms with van der Waals surface area (Å²) in [5, 5.41) is 10.3. The second-order valence-corrected chi connectivity index (χ2v) is 5.37. The lowest BCUT2D eigenvalue weighted by Crippen LogP contribution is -2.25. The fourth-order valence-corrected chi connectivity index (χ4v) is 2.53. The van der Waals surface area contributed by atoms with Crippen LogP contribution in [0.1, 0.15) is 20.8 Å². The first kappa shape index (κ1) is 14.9. The Hall–Kier alpha value is -2.47. The van der Waals surface area contributed by atoms with Gasteiger partial charge < -0.3 is 10.0 Å². The van der Waals surface area contributed by atoms with Crippen LogP contribution in [0.25, 0.3) is 6.08 Å². The summed E-state index contributed by atoms with van der Waals surface area (Å²) in [6.07, 6.45) is 5.91. The van der Waals surface area contributed by atoms with Crippen molar-refractivity contribution < 1.29 is 14.7 Å². The summed E-state index contributed by atoms with van der Waals surface area (Å²) < 4.78 is 0. The van der Waals surface area contributed by atoms with E-state index >= 15 is 0 Å². The monoisotopic (exact) mass is 302 g/mol. The minimum absolute atomic E-state index is 0.0990. The highest BCUT2D eigenvalue weighted by atomic mass is 32.1. The highest BCUT2D eigenvalue weighted by Gasteiger charge is 2.13. The van der Waals surface area contributed by atoms with Gasteiger partial charge in [0, 0.05) is 42.3 Å². The van der Waals surface area contributed by atoms with Crippen LogP contribution in [0.4, 0.5) is 0 Å². The zero-order valence-corrected chi connectivity index (χ0v) is 12.2. The topological polar surface area (TPSA) is 70.5 Å². The van der Waals surface area contributed by atoms with Crippen molar-refractivity contribution in [2.24, 2.45) is 0 Å². The molecule has 0 atom stereocenters. The molecule has 0 aliphatic carbocycles. The van der Waals surface area contributed by atoms with E-state index in [4.69, 9.17) is 5.11 Å². The summed E-state index contributed by atoms with van der Waals surface area (Å²) in [5.41, 5.74) is 1.56. The number of carboxylic acids is 1. The summed E-state index contributed by atoms with van der Waals surface area (Å²) in [5.74, 6) is -1.11. The maximum atomic E-state index is 12.3. The number of carbonyl (C=O) groups excluding carboxylic acids is 1. The normalized spacial score (nSPS) is 10.7. The first-order valence-electron chi connectivity index (χ1n) is 6.20. The molecule has 0 aliphatic heterocycles. The number of aliphatic carboxylic acids is 1. The SMILES string of the molecule is CN(Cc1ccncc1)C(=O)c1csc(C=CC(=O)O)c1. The van der Waals surface area contributed by atoms with E-state index in [0.717, 1.165) is 16.5 Å². The van der Waals surface area contributed by atoms with Crippen LogP contribution < -0.4 is 0 Å². The molecule has 0 spiro atoms. The smallest absolute Gasteiger partial charge is 0.328 e. The lowest BCUT2D eigenvalue weighted by Gasteiger charge is -2.16. The first-order valence-corrected chi connectivity index (χ1v) is 7.08. The van der Waals surface area contributed by atoms with Crippen molar-refractivity contribution >= 4 is 29.3 Å². The van der Waals surface area contributed by atoms with Gasteiger partial charge in [-0.3, -0.25) is 9.78 Å². The fraction of sp³-hybridized carbons (Fsp3) is 0.133. The number of pyridine rings is 1. The standard InChI is InChI=1S/C15H14N2O3S/c1-17(9-11-4-6-16-7-5-11)15(20)12-8-13(21-10-12)2-3-14(18)19/h2-8,10H,9H2,1H3,(H,18,19). The molecule has 0 unspecified atom stereocenters. The van der Waals surface area contributed by atoms with E-state index in [2.05, 4.69) is 4.98 Å². The predicted molar refractivity (Wildman–Crippen MR) is 81.0 cm³/mol. The van der Waals surface area contributed by atoms with Gasteiger partial charge in [0.1, 0.15) is 0 Å². The largest absolute Gasteiger partial charge is 0.478 e. The van der Waals surface area contributed by atoms with Crippen molar-refractivity contribution in [1.82, 2.24) is 9.88 Å². The average Bonchev–Trinajstić information content (AvgIpc) is 2.94. The molecular weight excluding hydrogens is 288 g/mol. The average molecular weight is 302 g/mol. The Morgan fingerprint density at radius 2 is 2.10 bits per heavy atom. The molecule has 1 N–H and O–H groups in total. The van der Waals surface area contributed by atoms with Crippen molar-refractivity contribution in [3.05, 3.63) is 58.1 Å². The molecule has 21 heavy (non-hydrogen) atoms. The van der Waals surface area contributed by atoms with Gasteiger partial charge in [-0.2, -0.15) is 0 Å². The Balaban J connectivity index is 2.04. The third-order valence-electron chi connectivity index (χ3n) is 2.77. The minimum Gasteiger partial charge on any atom is -0.478 e. The summed E-state index contributed by atoms with van der Waals surface area (Å²) in [4.78, 5) is 29.0. The molecule has 0 fully saturated rings. The van der Waals surface area contributed by atoms with Gasteiger partial charge in [-0.15, -0.1) is 11.3 Å². The van der Waals surface area contributed by atoms with Crippen LogP contribution >= 0.6 is 11.3 Å². The molecule has 0 aromatic carbocycles. The summed E-state index contributed by atoms with van der Waals surface area (Å²) in [6, 6.07) is 5.41. The molecule has 6 heteroatoms. The Bertz CT molecular complexity index is 665. The van der Waals surface area contributed by atoms with Crippen LogP contribution in [0.15, 0.2) is 42.0 Å². The molecule has 2 aromatic rings. The van der Waals surface area contributed by atoms with Crippen LogP contribution in [0.2, 0.25) is 0 Å². The lowest BCUT2D eigenvalue weighted by atomic mass is 10.2. The fourth-order valence-electron chi connectivity index (χ4n) is 1.76. The highest BCUT2D eigenvalue weighted by molar-refractivity contribution is 7.11. The summed E-state index contributed by atoms with van der Waals surface area (Å²) >= 11 is 1.34. The molecular formula is C15H14N2O3S. The number of hydrogen-bond donors (Lipinski definition) is 1. The van der Waals surface area contributed by atoms with Gasteiger partial charge in [0.2, 0.25) is 0 Å². The third-order valence-corrected chi connectivity index (χ3v) is 3.67. The molecule has 0 saturated carbocycles. The Morgan fingerprint density at radius 1 is 1.38 bits per heavy atom. The van der Waals surface area contributed by atoms with Gasteiger partial charge in [0.05, 0.1) is 5.56 Å². The predicted octanol–water partition coefficient (Wildman–Crippen LogP) is 2.51. The summed E-state index contributed by atoms with van der Waals surface area (Å²) in [6.45, 7) is 0.498. The van der Waals surface area contributed by atoms with Gasteiger partial charge in [0.25, 0.3) is 5.91 Å². The van der Waals surface area contributed by atoms with E-state index in [0.29, 0.717) is 12.1 Å². The van der Waals surface area contributed by atoms with Gasteiger partial charge in [0.15, 0.2) is 0 Å². The Morgan fingerprint density at radius 3 is 2.76 bits per heavy atom. The van der Waals surface area contributed by atoms with Crippen LogP contribution in [-0.4, -0.2) is 33.9 Å². The van der Waals surface area contributed by atoms with E-state index in [1.54, 1.807) is 35.8 Å². The molecule has 0 radical (unpaired) electrons. The van der Waals surface area contributed by atoms with Crippen LogP contribution in [0, 0.1) is 0 Å². The molecule has 2 aromatic heterocycles. The number of nitrogens with zero attached hydrogens (tertiary/aromatic N) is 2. The van der Waals surface area contributed by atoms with Crippen molar-refractivity contribution in [2.45, 2.75) is 6.54 Å². The van der Waals surface area contributed by atoms with E-state index in [9.17, 15) is 9.59 Å². The van der Waals surface area contributed by atoms with Gasteiger partial charge in [-0.1, -0.05) is 0 Å².